The number of nitrogens with one attached hydrogen (secondary N) is 1. The number of halogens is 1. The Labute approximate surface area is 216 Å². The maximum absolute atomic E-state index is 13.6. The molecular weight excluding hydrogens is 467 g/mol. The maximum atomic E-state index is 13.6. The number of likely N-dealkylation sites (tertiary alicyclic amines) is 1. The van der Waals surface area contributed by atoms with E-state index < -0.39 is 11.7 Å². The monoisotopic (exact) mass is 498 g/mol. The third-order valence-electron chi connectivity index (χ3n) is 8.91. The first-order valence-corrected chi connectivity index (χ1v) is 13.3. The smallest absolute Gasteiger partial charge is 0.258 e. The van der Waals surface area contributed by atoms with E-state index in [4.69, 9.17) is 0 Å². The molecule has 3 heterocycles. The highest BCUT2D eigenvalue weighted by Gasteiger charge is 2.47. The van der Waals surface area contributed by atoms with Gasteiger partial charge >= 0.3 is 0 Å². The standard InChI is InChI=1S/C30H31FN4O2/c1-18-6-7-20(35-16-21(17-35)34-13-10-19(31)15-34)14-24(18)28(36)32-30(11-12-30)25-8-9-26-27-22(25)4-3-5-23(27)29(37)33(26)2/h3-9,14,19,21H,10-13,15-17H2,1-2H3,(H,32,36). The van der Waals surface area contributed by atoms with E-state index >= 15 is 0 Å². The molecule has 0 radical (unpaired) electrons. The van der Waals surface area contributed by atoms with E-state index in [1.54, 1.807) is 4.90 Å². The second kappa shape index (κ2) is 8.02. The average molecular weight is 499 g/mol. The maximum Gasteiger partial charge on any atom is 0.258 e. The van der Waals surface area contributed by atoms with Gasteiger partial charge in [-0.05, 0) is 67.0 Å². The highest BCUT2D eigenvalue weighted by Crippen LogP contribution is 2.50. The number of hydrogen-bond donors (Lipinski definition) is 1. The topological polar surface area (TPSA) is 55.9 Å². The van der Waals surface area contributed by atoms with Crippen LogP contribution in [0.5, 0.6) is 0 Å². The number of carbonyl (C=O) groups excluding carboxylic acids is 2. The van der Waals surface area contributed by atoms with Crippen LogP contribution in [0.3, 0.4) is 0 Å². The molecular formula is C30H31FN4O2. The van der Waals surface area contributed by atoms with Crippen molar-refractivity contribution in [2.45, 2.75) is 43.9 Å². The zero-order chi connectivity index (χ0) is 25.5. The van der Waals surface area contributed by atoms with E-state index in [0.29, 0.717) is 24.6 Å². The Bertz CT molecular complexity index is 1460. The minimum Gasteiger partial charge on any atom is -0.368 e. The van der Waals surface area contributed by atoms with Crippen molar-refractivity contribution >= 4 is 34.0 Å². The Morgan fingerprint density at radius 2 is 1.89 bits per heavy atom. The number of anilines is 2. The Balaban J connectivity index is 1.13. The molecule has 4 aliphatic rings. The third-order valence-corrected chi connectivity index (χ3v) is 8.91. The molecule has 1 N–H and O–H groups in total. The summed E-state index contributed by atoms with van der Waals surface area (Å²) in [6.07, 6.45) is 1.69. The molecule has 2 amide bonds. The number of rotatable bonds is 5. The van der Waals surface area contributed by atoms with Crippen molar-refractivity contribution in [2.24, 2.45) is 0 Å². The summed E-state index contributed by atoms with van der Waals surface area (Å²) in [7, 11) is 1.81. The summed E-state index contributed by atoms with van der Waals surface area (Å²) in [5, 5.41) is 5.39. The molecule has 0 bridgehead atoms. The third kappa shape index (κ3) is 3.47. The van der Waals surface area contributed by atoms with E-state index in [1.807, 2.05) is 44.3 Å². The molecule has 3 aromatic carbocycles. The first-order chi connectivity index (χ1) is 17.8. The molecule has 2 saturated heterocycles. The van der Waals surface area contributed by atoms with Gasteiger partial charge in [0.15, 0.2) is 0 Å². The minimum absolute atomic E-state index is 0.0153. The zero-order valence-electron chi connectivity index (χ0n) is 21.3. The van der Waals surface area contributed by atoms with Gasteiger partial charge in [-0.1, -0.05) is 24.3 Å². The fourth-order valence-electron chi connectivity index (χ4n) is 6.45. The predicted molar refractivity (Wildman–Crippen MR) is 143 cm³/mol. The summed E-state index contributed by atoms with van der Waals surface area (Å²) in [5.41, 5.74) is 5.00. The van der Waals surface area contributed by atoms with Crippen LogP contribution in [0, 0.1) is 6.92 Å². The Morgan fingerprint density at radius 1 is 1.08 bits per heavy atom. The van der Waals surface area contributed by atoms with E-state index in [9.17, 15) is 14.0 Å². The fraction of sp³-hybridized carbons (Fsp3) is 0.400. The molecule has 190 valence electrons. The molecule has 0 aromatic heterocycles. The van der Waals surface area contributed by atoms with Gasteiger partial charge in [-0.3, -0.25) is 14.5 Å². The lowest BCUT2D eigenvalue weighted by atomic mass is 9.94. The number of benzene rings is 3. The Kier molecular flexibility index (Phi) is 4.93. The van der Waals surface area contributed by atoms with Crippen LogP contribution in [0.4, 0.5) is 15.8 Å². The van der Waals surface area contributed by atoms with Crippen molar-refractivity contribution in [2.75, 3.05) is 43.0 Å². The van der Waals surface area contributed by atoms with Crippen molar-refractivity contribution in [3.05, 3.63) is 70.8 Å². The number of alkyl halides is 1. The zero-order valence-corrected chi connectivity index (χ0v) is 21.3. The highest BCUT2D eigenvalue weighted by atomic mass is 19.1. The normalized spacial score (nSPS) is 22.6. The van der Waals surface area contributed by atoms with Crippen LogP contribution in [0.25, 0.3) is 10.8 Å². The second-order valence-electron chi connectivity index (χ2n) is 11.2. The van der Waals surface area contributed by atoms with Crippen LogP contribution in [0.2, 0.25) is 0 Å². The van der Waals surface area contributed by atoms with Gasteiger partial charge in [0, 0.05) is 61.5 Å². The number of carbonyl (C=O) groups is 2. The molecule has 7 rings (SSSR count). The van der Waals surface area contributed by atoms with Gasteiger partial charge in [0.25, 0.3) is 11.8 Å². The van der Waals surface area contributed by atoms with Crippen molar-refractivity contribution in [3.63, 3.8) is 0 Å². The van der Waals surface area contributed by atoms with Crippen LogP contribution in [-0.4, -0.2) is 62.2 Å². The van der Waals surface area contributed by atoms with Gasteiger partial charge in [0.2, 0.25) is 0 Å². The molecule has 3 aliphatic heterocycles. The van der Waals surface area contributed by atoms with Gasteiger partial charge in [0.1, 0.15) is 6.17 Å². The molecule has 1 aliphatic carbocycles. The lowest BCUT2D eigenvalue weighted by Crippen LogP contribution is -2.59. The number of nitrogens with zero attached hydrogens (tertiary/aromatic N) is 3. The summed E-state index contributed by atoms with van der Waals surface area (Å²) >= 11 is 0. The van der Waals surface area contributed by atoms with Crippen molar-refractivity contribution in [3.8, 4) is 0 Å². The first-order valence-electron chi connectivity index (χ1n) is 13.3. The summed E-state index contributed by atoms with van der Waals surface area (Å²) in [6, 6.07) is 16.5. The number of amides is 2. The lowest BCUT2D eigenvalue weighted by molar-refractivity contribution is 0.0929. The fourth-order valence-corrected chi connectivity index (χ4v) is 6.45. The number of aryl methyl sites for hydroxylation is 1. The van der Waals surface area contributed by atoms with Gasteiger partial charge < -0.3 is 15.1 Å². The van der Waals surface area contributed by atoms with Crippen LogP contribution in [-0.2, 0) is 5.54 Å². The molecule has 3 fully saturated rings. The molecule has 0 spiro atoms. The quantitative estimate of drug-likeness (QED) is 0.567. The van der Waals surface area contributed by atoms with E-state index in [1.165, 1.54) is 0 Å². The van der Waals surface area contributed by atoms with Crippen LogP contribution in [0.15, 0.2) is 48.5 Å². The van der Waals surface area contributed by atoms with Crippen molar-refractivity contribution in [1.82, 2.24) is 10.2 Å². The Hall–Kier alpha value is -3.45. The summed E-state index contributed by atoms with van der Waals surface area (Å²) in [6.45, 7) is 5.10. The number of hydrogen-bond acceptors (Lipinski definition) is 4. The van der Waals surface area contributed by atoms with Gasteiger partial charge in [-0.25, -0.2) is 4.39 Å². The lowest BCUT2D eigenvalue weighted by Gasteiger charge is -2.45. The second-order valence-corrected chi connectivity index (χ2v) is 11.2. The van der Waals surface area contributed by atoms with E-state index in [0.717, 1.165) is 71.3 Å². The minimum atomic E-state index is -0.696. The van der Waals surface area contributed by atoms with Crippen LogP contribution in [0.1, 0.15) is 51.1 Å². The SMILES string of the molecule is Cc1ccc(N2CC(N3CCC(F)C3)C2)cc1C(=O)NC1(c2ccc3c4c(cccc24)C(=O)N3C)CC1. The molecule has 3 aromatic rings. The molecule has 37 heavy (non-hydrogen) atoms. The molecule has 1 unspecified atom stereocenters. The Morgan fingerprint density at radius 3 is 2.62 bits per heavy atom. The van der Waals surface area contributed by atoms with E-state index in [2.05, 4.69) is 33.3 Å². The predicted octanol–water partition coefficient (Wildman–Crippen LogP) is 4.39. The van der Waals surface area contributed by atoms with Gasteiger partial charge in [-0.2, -0.15) is 0 Å². The molecule has 6 nitrogen and oxygen atoms in total. The van der Waals surface area contributed by atoms with Gasteiger partial charge in [-0.15, -0.1) is 0 Å². The first kappa shape index (κ1) is 22.7. The van der Waals surface area contributed by atoms with E-state index in [-0.39, 0.29) is 11.8 Å². The summed E-state index contributed by atoms with van der Waals surface area (Å²) in [4.78, 5) is 32.6. The van der Waals surface area contributed by atoms with Crippen molar-refractivity contribution < 1.29 is 14.0 Å². The summed E-state index contributed by atoms with van der Waals surface area (Å²) < 4.78 is 13.6. The van der Waals surface area contributed by atoms with Crippen LogP contribution < -0.4 is 15.1 Å². The molecule has 7 heteroatoms. The average Bonchev–Trinajstić information content (AvgIpc) is 3.45. The van der Waals surface area contributed by atoms with Crippen LogP contribution >= 0.6 is 0 Å². The highest BCUT2D eigenvalue weighted by molar-refractivity contribution is 6.25. The summed E-state index contributed by atoms with van der Waals surface area (Å²) in [5.74, 6) is -0.0493. The van der Waals surface area contributed by atoms with Gasteiger partial charge in [0.05, 0.1) is 11.2 Å². The van der Waals surface area contributed by atoms with Crippen molar-refractivity contribution in [1.29, 1.82) is 0 Å². The molecule has 1 atom stereocenters. The largest absolute Gasteiger partial charge is 0.368 e. The molecule has 1 saturated carbocycles.